The minimum Gasteiger partial charge on any atom is -0.324 e. The molecule has 0 aliphatic carbocycles. The lowest BCUT2D eigenvalue weighted by molar-refractivity contribution is -1.02. The summed E-state index contributed by atoms with van der Waals surface area (Å²) in [5.74, 6) is 0.0636. The van der Waals surface area contributed by atoms with Gasteiger partial charge in [0.1, 0.15) is 32.7 Å². The lowest BCUT2D eigenvalue weighted by Gasteiger charge is -2.32. The Bertz CT molecular complexity index is 862. The van der Waals surface area contributed by atoms with Crippen molar-refractivity contribution in [2.75, 3.05) is 42.9 Å². The van der Waals surface area contributed by atoms with E-state index < -0.39 is 0 Å². The Morgan fingerprint density at radius 3 is 2.41 bits per heavy atom. The fraction of sp³-hybridized carbons (Fsp3) is 0.391. The van der Waals surface area contributed by atoms with Crippen LogP contribution in [0.25, 0.3) is 0 Å². The Morgan fingerprint density at radius 2 is 1.66 bits per heavy atom. The first-order valence-electron chi connectivity index (χ1n) is 10.5. The number of anilines is 2. The van der Waals surface area contributed by atoms with Crippen LogP contribution in [0.4, 0.5) is 11.4 Å². The van der Waals surface area contributed by atoms with Gasteiger partial charge in [0.2, 0.25) is 5.91 Å². The number of nitrogens with zero attached hydrogens (tertiary/aromatic N) is 1. The van der Waals surface area contributed by atoms with E-state index in [4.69, 9.17) is 0 Å². The van der Waals surface area contributed by atoms with Crippen molar-refractivity contribution in [1.82, 2.24) is 0 Å². The summed E-state index contributed by atoms with van der Waals surface area (Å²) in [6.07, 6.45) is 0.324. The second kappa shape index (κ2) is 8.76. The molecule has 0 unspecified atom stereocenters. The van der Waals surface area contributed by atoms with Gasteiger partial charge in [0, 0.05) is 18.0 Å². The summed E-state index contributed by atoms with van der Waals surface area (Å²) in [6, 6.07) is 18.1. The zero-order valence-corrected chi connectivity index (χ0v) is 17.0. The molecule has 1 fully saturated rings. The van der Waals surface area contributed by atoms with Crippen LogP contribution in [-0.4, -0.2) is 50.6 Å². The summed E-state index contributed by atoms with van der Waals surface area (Å²) >= 11 is 0. The van der Waals surface area contributed by atoms with E-state index in [2.05, 4.69) is 35.6 Å². The van der Waals surface area contributed by atoms with Gasteiger partial charge in [0.25, 0.3) is 5.91 Å². The van der Waals surface area contributed by atoms with Gasteiger partial charge in [-0.1, -0.05) is 42.5 Å². The molecular weight excluding hydrogens is 364 g/mol. The third-order valence-corrected chi connectivity index (χ3v) is 5.99. The topological polar surface area (TPSA) is 58.3 Å². The highest BCUT2D eigenvalue weighted by molar-refractivity contribution is 6.04. The average Bonchev–Trinajstić information content (AvgIpc) is 2.84. The molecule has 1 saturated heterocycles. The highest BCUT2D eigenvalue weighted by atomic mass is 16.2. The van der Waals surface area contributed by atoms with Gasteiger partial charge in [0.15, 0.2) is 6.54 Å². The number of hydrogen-bond donors (Lipinski definition) is 3. The van der Waals surface area contributed by atoms with Crippen LogP contribution >= 0.6 is 0 Å². The molecule has 6 heteroatoms. The van der Waals surface area contributed by atoms with E-state index in [-0.39, 0.29) is 17.9 Å². The van der Waals surface area contributed by atoms with E-state index in [0.717, 1.165) is 44.1 Å². The highest BCUT2D eigenvalue weighted by Gasteiger charge is 2.33. The van der Waals surface area contributed by atoms with Crippen LogP contribution in [0.2, 0.25) is 0 Å². The van der Waals surface area contributed by atoms with E-state index in [0.29, 0.717) is 13.0 Å². The van der Waals surface area contributed by atoms with Crippen LogP contribution in [0.3, 0.4) is 0 Å². The van der Waals surface area contributed by atoms with Gasteiger partial charge in [-0.3, -0.25) is 9.59 Å². The Morgan fingerprint density at radius 1 is 1.00 bits per heavy atom. The molecule has 0 radical (unpaired) electrons. The largest absolute Gasteiger partial charge is 0.324 e. The molecule has 0 bridgehead atoms. The predicted octanol–water partition coefficient (Wildman–Crippen LogP) is -0.266. The van der Waals surface area contributed by atoms with Crippen LogP contribution in [-0.2, 0) is 16.1 Å². The van der Waals surface area contributed by atoms with Gasteiger partial charge in [-0.05, 0) is 19.1 Å². The molecule has 0 aromatic heterocycles. The van der Waals surface area contributed by atoms with Crippen LogP contribution in [0.5, 0.6) is 0 Å². The van der Waals surface area contributed by atoms with Gasteiger partial charge in [-0.25, -0.2) is 0 Å². The number of benzene rings is 2. The number of piperazine rings is 1. The summed E-state index contributed by atoms with van der Waals surface area (Å²) in [7, 11) is 0. The highest BCUT2D eigenvalue weighted by Crippen LogP contribution is 2.30. The van der Waals surface area contributed by atoms with Crippen molar-refractivity contribution in [2.45, 2.75) is 25.9 Å². The molecule has 6 nitrogen and oxygen atoms in total. The molecular formula is C23H30N4O2+2. The smallest absolute Gasteiger partial charge is 0.282 e. The first-order chi connectivity index (χ1) is 14.1. The average molecular weight is 395 g/mol. The molecule has 1 atom stereocenters. The Labute approximate surface area is 172 Å². The number of carbonyl (C=O) groups is 2. The number of amides is 2. The lowest BCUT2D eigenvalue weighted by Crippen LogP contribution is -3.28. The van der Waals surface area contributed by atoms with Crippen molar-refractivity contribution >= 4 is 23.2 Å². The monoisotopic (exact) mass is 394 g/mol. The van der Waals surface area contributed by atoms with E-state index in [9.17, 15) is 9.59 Å². The molecule has 2 aliphatic rings. The van der Waals surface area contributed by atoms with E-state index >= 15 is 0 Å². The number of rotatable bonds is 4. The zero-order valence-electron chi connectivity index (χ0n) is 17.0. The standard InChI is InChI=1S/C23H28N4O2/c1-18-15-22(28)24-20-9-5-6-10-21(20)27(18)23(29)17-26-13-11-25(12-14-26)16-19-7-3-2-4-8-19/h2-10,18H,11-17H2,1H3,(H,24,28)/p+2/t18-/m1/s1. The lowest BCUT2D eigenvalue weighted by atomic mass is 10.1. The van der Waals surface area contributed by atoms with Crippen LogP contribution < -0.4 is 20.0 Å². The van der Waals surface area contributed by atoms with E-state index in [1.165, 1.54) is 10.5 Å². The molecule has 0 saturated carbocycles. The summed E-state index contributed by atoms with van der Waals surface area (Å²) in [5, 5.41) is 2.93. The van der Waals surface area contributed by atoms with Gasteiger partial charge in [0.05, 0.1) is 11.4 Å². The zero-order chi connectivity index (χ0) is 20.2. The Balaban J connectivity index is 1.38. The summed E-state index contributed by atoms with van der Waals surface area (Å²) in [4.78, 5) is 30.1. The van der Waals surface area contributed by atoms with Gasteiger partial charge in [-0.15, -0.1) is 0 Å². The van der Waals surface area contributed by atoms with E-state index in [1.54, 1.807) is 4.90 Å². The number of para-hydroxylation sites is 2. The van der Waals surface area contributed by atoms with Crippen molar-refractivity contribution in [2.24, 2.45) is 0 Å². The van der Waals surface area contributed by atoms with Crippen LogP contribution in [0.15, 0.2) is 54.6 Å². The third-order valence-electron chi connectivity index (χ3n) is 5.99. The van der Waals surface area contributed by atoms with E-state index in [1.807, 2.05) is 36.1 Å². The first-order valence-corrected chi connectivity index (χ1v) is 10.5. The summed E-state index contributed by atoms with van der Waals surface area (Å²) in [5.41, 5.74) is 2.90. The molecule has 4 rings (SSSR count). The van der Waals surface area contributed by atoms with Gasteiger partial charge in [-0.2, -0.15) is 0 Å². The minimum atomic E-state index is -0.143. The quantitative estimate of drug-likeness (QED) is 0.669. The van der Waals surface area contributed by atoms with Crippen molar-refractivity contribution < 1.29 is 19.4 Å². The number of fused-ring (bicyclic) bond motifs is 1. The minimum absolute atomic E-state index is 0.0364. The molecule has 2 heterocycles. The Kier molecular flexibility index (Phi) is 5.92. The summed E-state index contributed by atoms with van der Waals surface area (Å²) in [6.45, 7) is 7.62. The second-order valence-corrected chi connectivity index (χ2v) is 8.22. The molecule has 0 spiro atoms. The predicted molar refractivity (Wildman–Crippen MR) is 113 cm³/mol. The second-order valence-electron chi connectivity index (χ2n) is 8.22. The number of nitrogens with one attached hydrogen (secondary N) is 3. The Hall–Kier alpha value is -2.70. The molecule has 29 heavy (non-hydrogen) atoms. The summed E-state index contributed by atoms with van der Waals surface area (Å²) < 4.78 is 0. The normalized spacial score (nSPS) is 24.4. The van der Waals surface area contributed by atoms with Crippen molar-refractivity contribution in [3.8, 4) is 0 Å². The molecule has 2 aromatic rings. The molecule has 3 N–H and O–H groups in total. The van der Waals surface area contributed by atoms with Crippen LogP contribution in [0, 0.1) is 0 Å². The molecule has 152 valence electrons. The number of quaternary nitrogens is 2. The maximum Gasteiger partial charge on any atom is 0.282 e. The third kappa shape index (κ3) is 4.66. The van der Waals surface area contributed by atoms with Gasteiger partial charge >= 0.3 is 0 Å². The fourth-order valence-electron chi connectivity index (χ4n) is 4.46. The van der Waals surface area contributed by atoms with Crippen molar-refractivity contribution in [3.05, 3.63) is 60.2 Å². The van der Waals surface area contributed by atoms with Crippen molar-refractivity contribution in [1.29, 1.82) is 0 Å². The number of hydrogen-bond acceptors (Lipinski definition) is 2. The maximum absolute atomic E-state index is 13.2. The SMILES string of the molecule is C[C@@H]1CC(=O)Nc2ccccc2N1C(=O)C[NH+]1CC[NH+](Cc2ccccc2)CC1. The molecule has 2 aliphatic heterocycles. The van der Waals surface area contributed by atoms with Gasteiger partial charge < -0.3 is 20.0 Å². The number of carbonyl (C=O) groups excluding carboxylic acids is 2. The fourth-order valence-corrected chi connectivity index (χ4v) is 4.46. The maximum atomic E-state index is 13.2. The van der Waals surface area contributed by atoms with Crippen LogP contribution in [0.1, 0.15) is 18.9 Å². The molecule has 2 aromatic carbocycles. The first kappa shape index (κ1) is 19.6. The molecule has 2 amide bonds. The van der Waals surface area contributed by atoms with Crippen molar-refractivity contribution in [3.63, 3.8) is 0 Å².